The molecule has 0 radical (unpaired) electrons. The number of aryl methyl sites for hydroxylation is 1. The Balaban J connectivity index is 1.95. The van der Waals surface area contributed by atoms with Crippen molar-refractivity contribution in [3.8, 4) is 0 Å². The van der Waals surface area contributed by atoms with Gasteiger partial charge in [-0.15, -0.1) is 11.3 Å². The molecule has 0 unspecified atom stereocenters. The lowest BCUT2D eigenvalue weighted by Crippen LogP contribution is -2.23. The van der Waals surface area contributed by atoms with Crippen molar-refractivity contribution >= 4 is 57.0 Å². The molecule has 8 heteroatoms. The zero-order chi connectivity index (χ0) is 16.6. The van der Waals surface area contributed by atoms with E-state index < -0.39 is 5.82 Å². The maximum absolute atomic E-state index is 13.9. The number of thiazole rings is 1. The summed E-state index contributed by atoms with van der Waals surface area (Å²) in [7, 11) is 1.62. The van der Waals surface area contributed by atoms with Crippen molar-refractivity contribution in [2.75, 3.05) is 7.05 Å². The second-order valence-corrected chi connectivity index (χ2v) is 7.03. The number of carbonyl (C=O) groups excluding carboxylic acids is 1. The van der Waals surface area contributed by atoms with Crippen LogP contribution in [0.15, 0.2) is 33.5 Å². The molecule has 2 aromatic rings. The zero-order valence-electron chi connectivity index (χ0n) is 12.2. The summed E-state index contributed by atoms with van der Waals surface area (Å²) < 4.78 is 13.9. The van der Waals surface area contributed by atoms with E-state index in [4.69, 9.17) is 11.6 Å². The molecule has 4 nitrogen and oxygen atoms in total. The molecule has 23 heavy (non-hydrogen) atoms. The Morgan fingerprint density at radius 3 is 2.87 bits per heavy atom. The van der Waals surface area contributed by atoms with Gasteiger partial charge in [0.05, 0.1) is 15.6 Å². The maximum Gasteiger partial charge on any atom is 0.266 e. The summed E-state index contributed by atoms with van der Waals surface area (Å²) in [6.07, 6.45) is 1.46. The van der Waals surface area contributed by atoms with E-state index in [1.807, 2.05) is 12.3 Å². The lowest BCUT2D eigenvalue weighted by Gasteiger charge is -2.05. The number of likely N-dealkylation sites (N-methyl/N-ethyl adjacent to an activating group) is 1. The first-order valence-electron chi connectivity index (χ1n) is 6.58. The van der Waals surface area contributed by atoms with Gasteiger partial charge in [0.1, 0.15) is 5.82 Å². The minimum Gasteiger partial charge on any atom is -0.289 e. The van der Waals surface area contributed by atoms with Crippen molar-refractivity contribution in [2.24, 2.45) is 4.99 Å². The largest absolute Gasteiger partial charge is 0.289 e. The van der Waals surface area contributed by atoms with Gasteiger partial charge in [0, 0.05) is 18.0 Å². The van der Waals surface area contributed by atoms with Gasteiger partial charge in [-0.05, 0) is 36.9 Å². The summed E-state index contributed by atoms with van der Waals surface area (Å²) in [5.74, 6) is -0.719. The van der Waals surface area contributed by atoms with Crippen LogP contribution in [0.4, 0.5) is 9.52 Å². The number of aromatic nitrogens is 1. The van der Waals surface area contributed by atoms with Crippen molar-refractivity contribution in [1.29, 1.82) is 0 Å². The fourth-order valence-corrected chi connectivity index (χ4v) is 3.80. The fraction of sp³-hybridized carbons (Fsp3) is 0.133. The Kier molecular flexibility index (Phi) is 4.52. The van der Waals surface area contributed by atoms with Crippen molar-refractivity contribution < 1.29 is 9.18 Å². The Morgan fingerprint density at radius 2 is 2.22 bits per heavy atom. The van der Waals surface area contributed by atoms with Crippen LogP contribution in [0.3, 0.4) is 0 Å². The van der Waals surface area contributed by atoms with E-state index in [0.29, 0.717) is 15.2 Å². The maximum atomic E-state index is 13.9. The summed E-state index contributed by atoms with van der Waals surface area (Å²) in [5, 5.41) is 3.23. The number of halogens is 2. The van der Waals surface area contributed by atoms with Crippen LogP contribution in [0.1, 0.15) is 11.3 Å². The van der Waals surface area contributed by atoms with E-state index in [0.717, 1.165) is 5.69 Å². The molecule has 1 aliphatic rings. The van der Waals surface area contributed by atoms with Gasteiger partial charge in [-0.2, -0.15) is 4.99 Å². The standard InChI is InChI=1S/C15H11ClFN3OS2/c1-8-7-22-14(18-8)19-15-20(2)13(21)12(23-15)6-9-10(16)4-3-5-11(9)17/h3-7H,1-2H3/b12-6-,19-15+. The number of amidine groups is 1. The van der Waals surface area contributed by atoms with Crippen LogP contribution in [0.25, 0.3) is 6.08 Å². The third-order valence-electron chi connectivity index (χ3n) is 3.08. The highest BCUT2D eigenvalue weighted by atomic mass is 35.5. The summed E-state index contributed by atoms with van der Waals surface area (Å²) in [5.41, 5.74) is 1.07. The van der Waals surface area contributed by atoms with Crippen LogP contribution in [-0.2, 0) is 4.79 Å². The third-order valence-corrected chi connectivity index (χ3v) is 5.32. The molecule has 1 saturated heterocycles. The van der Waals surface area contributed by atoms with Gasteiger partial charge in [0.25, 0.3) is 5.91 Å². The molecule has 0 aliphatic carbocycles. The number of amides is 1. The second kappa shape index (κ2) is 6.43. The van der Waals surface area contributed by atoms with Gasteiger partial charge in [0.2, 0.25) is 5.13 Å². The van der Waals surface area contributed by atoms with Gasteiger partial charge in [0.15, 0.2) is 5.17 Å². The van der Waals surface area contributed by atoms with Gasteiger partial charge in [-0.25, -0.2) is 9.37 Å². The number of hydrogen-bond acceptors (Lipinski definition) is 5. The Bertz CT molecular complexity index is 827. The normalized spacial score (nSPS) is 18.4. The van der Waals surface area contributed by atoms with Crippen molar-refractivity contribution in [2.45, 2.75) is 6.92 Å². The monoisotopic (exact) mass is 367 g/mol. The minimum atomic E-state index is -0.470. The smallest absolute Gasteiger partial charge is 0.266 e. The predicted octanol–water partition coefficient (Wildman–Crippen LogP) is 4.48. The molecule has 1 aliphatic heterocycles. The van der Waals surface area contributed by atoms with E-state index >= 15 is 0 Å². The lowest BCUT2D eigenvalue weighted by molar-refractivity contribution is -0.121. The summed E-state index contributed by atoms with van der Waals surface area (Å²) in [6.45, 7) is 1.88. The van der Waals surface area contributed by atoms with Gasteiger partial charge in [-0.3, -0.25) is 9.69 Å². The highest BCUT2D eigenvalue weighted by molar-refractivity contribution is 8.18. The average Bonchev–Trinajstić information content (AvgIpc) is 3.02. The van der Waals surface area contributed by atoms with E-state index in [2.05, 4.69) is 9.98 Å². The quantitative estimate of drug-likeness (QED) is 0.735. The molecule has 0 saturated carbocycles. The zero-order valence-corrected chi connectivity index (χ0v) is 14.6. The first-order valence-corrected chi connectivity index (χ1v) is 8.65. The first-order chi connectivity index (χ1) is 11.0. The topological polar surface area (TPSA) is 45.6 Å². The van der Waals surface area contributed by atoms with E-state index in [1.54, 1.807) is 13.1 Å². The van der Waals surface area contributed by atoms with E-state index in [1.165, 1.54) is 46.2 Å². The highest BCUT2D eigenvalue weighted by Gasteiger charge is 2.31. The SMILES string of the molecule is Cc1csc(/N=C2/S/C(=C\c3c(F)cccc3Cl)C(=O)N2C)n1. The number of carbonyl (C=O) groups is 1. The van der Waals surface area contributed by atoms with Gasteiger partial charge < -0.3 is 0 Å². The number of rotatable bonds is 2. The Hall–Kier alpha value is -1.70. The van der Waals surface area contributed by atoms with Crippen molar-refractivity contribution in [3.63, 3.8) is 0 Å². The van der Waals surface area contributed by atoms with Crippen LogP contribution in [-0.4, -0.2) is 28.0 Å². The van der Waals surface area contributed by atoms with Crippen LogP contribution in [0, 0.1) is 12.7 Å². The van der Waals surface area contributed by atoms with Crippen LogP contribution in [0.5, 0.6) is 0 Å². The summed E-state index contributed by atoms with van der Waals surface area (Å²) in [4.78, 5) is 22.7. The van der Waals surface area contributed by atoms with Crippen LogP contribution in [0.2, 0.25) is 5.02 Å². The highest BCUT2D eigenvalue weighted by Crippen LogP contribution is 2.35. The summed E-state index contributed by atoms with van der Waals surface area (Å²) >= 11 is 8.57. The molecule has 1 aromatic heterocycles. The number of benzene rings is 1. The van der Waals surface area contributed by atoms with Crippen LogP contribution >= 0.6 is 34.7 Å². The van der Waals surface area contributed by atoms with E-state index in [9.17, 15) is 9.18 Å². The van der Waals surface area contributed by atoms with Gasteiger partial charge in [-0.1, -0.05) is 17.7 Å². The van der Waals surface area contributed by atoms with Crippen LogP contribution < -0.4 is 0 Å². The number of hydrogen-bond donors (Lipinski definition) is 0. The van der Waals surface area contributed by atoms with Crippen molar-refractivity contribution in [1.82, 2.24) is 9.88 Å². The molecular weight excluding hydrogens is 357 g/mol. The predicted molar refractivity (Wildman–Crippen MR) is 93.7 cm³/mol. The molecule has 0 N–H and O–H groups in total. The third kappa shape index (κ3) is 3.31. The average molecular weight is 368 g/mol. The number of nitrogens with zero attached hydrogens (tertiary/aromatic N) is 3. The molecule has 0 spiro atoms. The van der Waals surface area contributed by atoms with E-state index in [-0.39, 0.29) is 16.5 Å². The Morgan fingerprint density at radius 1 is 1.43 bits per heavy atom. The second-order valence-electron chi connectivity index (χ2n) is 4.78. The Labute approximate surface area is 145 Å². The molecule has 0 bridgehead atoms. The molecule has 3 rings (SSSR count). The first kappa shape index (κ1) is 16.2. The van der Waals surface area contributed by atoms with Crippen molar-refractivity contribution in [3.05, 3.63) is 50.6 Å². The molecule has 0 atom stereocenters. The lowest BCUT2D eigenvalue weighted by atomic mass is 10.2. The molecule has 118 valence electrons. The number of thioether (sulfide) groups is 1. The number of aliphatic imine (C=N–C) groups is 1. The molecule has 1 aromatic carbocycles. The summed E-state index contributed by atoms with van der Waals surface area (Å²) in [6, 6.07) is 4.41. The molecule has 1 amide bonds. The molecular formula is C15H11ClFN3OS2. The van der Waals surface area contributed by atoms with Gasteiger partial charge >= 0.3 is 0 Å². The fourth-order valence-electron chi connectivity index (χ4n) is 1.91. The molecule has 2 heterocycles. The molecule has 1 fully saturated rings. The minimum absolute atomic E-state index is 0.199.